The average Bonchev–Trinajstić information content (AvgIpc) is 3.59. The van der Waals surface area contributed by atoms with Gasteiger partial charge in [0.15, 0.2) is 0 Å². The van der Waals surface area contributed by atoms with E-state index in [9.17, 15) is 13.2 Å². The van der Waals surface area contributed by atoms with Crippen LogP contribution in [0.3, 0.4) is 0 Å². The van der Waals surface area contributed by atoms with Crippen LogP contribution in [-0.2, 0) is 26.0 Å². The molecule has 8 nitrogen and oxygen atoms in total. The highest BCUT2D eigenvalue weighted by molar-refractivity contribution is 7.89. The Balaban J connectivity index is 1.24. The molecule has 9 heteroatoms. The summed E-state index contributed by atoms with van der Waals surface area (Å²) in [6.45, 7) is 3.36. The standard InChI is InChI=1S/C29H38N4O4S/c30-28(34)18-24-16-23(21-6-2-1-3-7-21)17-26-27(20-32-29(24)26)22-9-12-33(13-10-22)38(35,36)15-5-11-31-19-25-8-4-14-37-25/h1-3,6-7,16-17,20,22,25,31-32H,4-5,8-15,18-19H2,(H2,30,34)/t25-/m1/s1. The highest BCUT2D eigenvalue weighted by atomic mass is 32.2. The summed E-state index contributed by atoms with van der Waals surface area (Å²) in [5, 5.41) is 4.42. The van der Waals surface area contributed by atoms with Crippen LogP contribution in [0.15, 0.2) is 48.7 Å². The Morgan fingerprint density at radius 2 is 1.89 bits per heavy atom. The molecule has 38 heavy (non-hydrogen) atoms. The number of nitrogens with zero attached hydrogens (tertiary/aromatic N) is 1. The van der Waals surface area contributed by atoms with Crippen LogP contribution in [0.5, 0.6) is 0 Å². The molecule has 0 unspecified atom stereocenters. The predicted octanol–water partition coefficient (Wildman–Crippen LogP) is 3.53. The monoisotopic (exact) mass is 538 g/mol. The first kappa shape index (κ1) is 26.9. The van der Waals surface area contributed by atoms with Crippen molar-refractivity contribution in [3.63, 3.8) is 0 Å². The van der Waals surface area contributed by atoms with Gasteiger partial charge in [0.25, 0.3) is 0 Å². The molecule has 2 aromatic carbocycles. The van der Waals surface area contributed by atoms with Gasteiger partial charge in [-0.3, -0.25) is 4.79 Å². The molecule has 2 aliphatic heterocycles. The van der Waals surface area contributed by atoms with Crippen molar-refractivity contribution < 1.29 is 17.9 Å². The number of sulfonamides is 1. The lowest BCUT2D eigenvalue weighted by Gasteiger charge is -2.31. The zero-order valence-corrected chi connectivity index (χ0v) is 22.6. The minimum Gasteiger partial charge on any atom is -0.377 e. The van der Waals surface area contributed by atoms with Crippen molar-refractivity contribution in [2.75, 3.05) is 38.5 Å². The minimum absolute atomic E-state index is 0.163. The van der Waals surface area contributed by atoms with Gasteiger partial charge in [-0.05, 0) is 79.0 Å². The number of benzene rings is 2. The van der Waals surface area contributed by atoms with Gasteiger partial charge < -0.3 is 20.8 Å². The Hall–Kier alpha value is -2.72. The van der Waals surface area contributed by atoms with E-state index < -0.39 is 10.0 Å². The molecule has 0 bridgehead atoms. The summed E-state index contributed by atoms with van der Waals surface area (Å²) in [6.07, 6.45) is 6.78. The fourth-order valence-electron chi connectivity index (χ4n) is 5.81. The molecule has 2 saturated heterocycles. The van der Waals surface area contributed by atoms with Crippen molar-refractivity contribution >= 4 is 26.8 Å². The minimum atomic E-state index is -3.28. The molecule has 1 atom stereocenters. The van der Waals surface area contributed by atoms with Crippen molar-refractivity contribution in [2.45, 2.75) is 50.5 Å². The summed E-state index contributed by atoms with van der Waals surface area (Å²) in [5.74, 6) is 0.0455. The van der Waals surface area contributed by atoms with Crippen molar-refractivity contribution in [1.29, 1.82) is 0 Å². The maximum Gasteiger partial charge on any atom is 0.221 e. The molecule has 1 aromatic heterocycles. The van der Waals surface area contributed by atoms with Gasteiger partial charge in [0, 0.05) is 43.3 Å². The van der Waals surface area contributed by atoms with Gasteiger partial charge in [-0.2, -0.15) is 0 Å². The summed E-state index contributed by atoms with van der Waals surface area (Å²) in [7, 11) is -3.28. The molecule has 3 aromatic rings. The number of H-pyrrole nitrogens is 1. The lowest BCUT2D eigenvalue weighted by atomic mass is 9.88. The van der Waals surface area contributed by atoms with E-state index in [-0.39, 0.29) is 30.1 Å². The Morgan fingerprint density at radius 1 is 1.11 bits per heavy atom. The average molecular weight is 539 g/mol. The van der Waals surface area contributed by atoms with Crippen molar-refractivity contribution in [1.82, 2.24) is 14.6 Å². The molecule has 204 valence electrons. The number of hydrogen-bond acceptors (Lipinski definition) is 5. The van der Waals surface area contributed by atoms with E-state index in [1.165, 1.54) is 5.56 Å². The molecule has 5 rings (SSSR count). The number of aromatic nitrogens is 1. The number of nitrogens with one attached hydrogen (secondary N) is 2. The van der Waals surface area contributed by atoms with Crippen LogP contribution in [0, 0.1) is 0 Å². The van der Waals surface area contributed by atoms with Gasteiger partial charge in [-0.15, -0.1) is 0 Å². The largest absolute Gasteiger partial charge is 0.377 e. The fourth-order valence-corrected chi connectivity index (χ4v) is 7.35. The van der Waals surface area contributed by atoms with E-state index in [1.54, 1.807) is 4.31 Å². The van der Waals surface area contributed by atoms with Crippen LogP contribution in [0.1, 0.15) is 49.1 Å². The van der Waals surface area contributed by atoms with Gasteiger partial charge in [-0.1, -0.05) is 30.3 Å². The highest BCUT2D eigenvalue weighted by Gasteiger charge is 2.30. The Labute approximate surface area is 225 Å². The summed E-state index contributed by atoms with van der Waals surface area (Å²) < 4.78 is 33.2. The Bertz CT molecular complexity index is 1340. The number of carbonyl (C=O) groups excluding carboxylic acids is 1. The first-order valence-corrected chi connectivity index (χ1v) is 15.3. The van der Waals surface area contributed by atoms with Gasteiger partial charge in [0.2, 0.25) is 15.9 Å². The molecule has 3 heterocycles. The highest BCUT2D eigenvalue weighted by Crippen LogP contribution is 2.37. The third kappa shape index (κ3) is 6.29. The van der Waals surface area contributed by atoms with Crippen LogP contribution in [0.4, 0.5) is 0 Å². The van der Waals surface area contributed by atoms with Crippen LogP contribution >= 0.6 is 0 Å². The quantitative estimate of drug-likeness (QED) is 0.323. The van der Waals surface area contributed by atoms with E-state index in [2.05, 4.69) is 28.5 Å². The van der Waals surface area contributed by atoms with E-state index >= 15 is 0 Å². The normalized spacial score (nSPS) is 19.3. The number of piperidine rings is 1. The number of fused-ring (bicyclic) bond motifs is 1. The van der Waals surface area contributed by atoms with Crippen LogP contribution in [0.2, 0.25) is 0 Å². The van der Waals surface area contributed by atoms with E-state index in [4.69, 9.17) is 10.5 Å². The maximum absolute atomic E-state index is 13.0. The number of nitrogens with two attached hydrogens (primary N) is 1. The third-order valence-corrected chi connectivity index (χ3v) is 9.77. The van der Waals surface area contributed by atoms with Crippen molar-refractivity contribution in [2.24, 2.45) is 5.73 Å². The van der Waals surface area contributed by atoms with E-state index in [0.29, 0.717) is 26.1 Å². The SMILES string of the molecule is NC(=O)Cc1cc(-c2ccccc2)cc2c(C3CCN(S(=O)(=O)CCCNC[C@H]4CCCO4)CC3)c[nH]c12. The lowest BCUT2D eigenvalue weighted by molar-refractivity contribution is -0.117. The first-order valence-electron chi connectivity index (χ1n) is 13.7. The van der Waals surface area contributed by atoms with Crippen LogP contribution in [-0.4, -0.2) is 68.3 Å². The molecule has 0 spiro atoms. The van der Waals surface area contributed by atoms with Gasteiger partial charge in [0.1, 0.15) is 0 Å². The van der Waals surface area contributed by atoms with Crippen molar-refractivity contribution in [3.05, 3.63) is 59.8 Å². The molecular formula is C29H38N4O4S. The third-order valence-electron chi connectivity index (χ3n) is 7.81. The first-order chi connectivity index (χ1) is 18.4. The number of hydrogen-bond donors (Lipinski definition) is 3. The summed E-state index contributed by atoms with van der Waals surface area (Å²) in [5.41, 5.74) is 10.7. The molecule has 0 aliphatic carbocycles. The summed E-state index contributed by atoms with van der Waals surface area (Å²) in [4.78, 5) is 15.2. The Kier molecular flexibility index (Phi) is 8.48. The summed E-state index contributed by atoms with van der Waals surface area (Å²) in [6, 6.07) is 14.3. The second-order valence-corrected chi connectivity index (χ2v) is 12.6. The second-order valence-electron chi connectivity index (χ2n) is 10.5. The zero-order chi connectivity index (χ0) is 26.5. The topological polar surface area (TPSA) is 118 Å². The molecule has 1 amide bonds. The second kappa shape index (κ2) is 12.0. The fraction of sp³-hybridized carbons (Fsp3) is 0.483. The van der Waals surface area contributed by atoms with Crippen molar-refractivity contribution in [3.8, 4) is 11.1 Å². The number of ether oxygens (including phenoxy) is 1. The predicted molar refractivity (Wildman–Crippen MR) is 150 cm³/mol. The number of amides is 1. The number of carbonyl (C=O) groups is 1. The van der Waals surface area contributed by atoms with Gasteiger partial charge in [0.05, 0.1) is 18.3 Å². The summed E-state index contributed by atoms with van der Waals surface area (Å²) >= 11 is 0. The smallest absolute Gasteiger partial charge is 0.221 e. The van der Waals surface area contributed by atoms with Crippen LogP contribution < -0.4 is 11.1 Å². The molecule has 2 fully saturated rings. The lowest BCUT2D eigenvalue weighted by Crippen LogP contribution is -2.39. The van der Waals surface area contributed by atoms with Gasteiger partial charge in [-0.25, -0.2) is 12.7 Å². The molecule has 2 aliphatic rings. The Morgan fingerprint density at radius 3 is 2.61 bits per heavy atom. The van der Waals surface area contributed by atoms with Gasteiger partial charge >= 0.3 is 0 Å². The zero-order valence-electron chi connectivity index (χ0n) is 21.8. The van der Waals surface area contributed by atoms with E-state index in [0.717, 1.165) is 66.4 Å². The molecule has 4 N–H and O–H groups in total. The number of rotatable bonds is 11. The number of primary amides is 1. The van der Waals surface area contributed by atoms with Crippen LogP contribution in [0.25, 0.3) is 22.0 Å². The molecule has 0 radical (unpaired) electrons. The maximum atomic E-state index is 13.0. The number of aromatic amines is 1. The van der Waals surface area contributed by atoms with E-state index in [1.807, 2.05) is 30.5 Å². The molecule has 0 saturated carbocycles. The molecular weight excluding hydrogens is 500 g/mol.